The van der Waals surface area contributed by atoms with Crippen molar-refractivity contribution in [3.8, 4) is 0 Å². The van der Waals surface area contributed by atoms with Crippen LogP contribution in [0.1, 0.15) is 31.2 Å². The van der Waals surface area contributed by atoms with E-state index in [-0.39, 0.29) is 11.4 Å². The predicted molar refractivity (Wildman–Crippen MR) is 108 cm³/mol. The number of hydrogen-bond acceptors (Lipinski definition) is 7. The monoisotopic (exact) mass is 383 g/mol. The molecular formula is C19H21N5O4. The summed E-state index contributed by atoms with van der Waals surface area (Å²) in [7, 11) is 0. The van der Waals surface area contributed by atoms with Crippen LogP contribution in [0.25, 0.3) is 0 Å². The third-order valence-corrected chi connectivity index (χ3v) is 4.64. The molecule has 1 N–H and O–H groups in total. The van der Waals surface area contributed by atoms with Gasteiger partial charge in [0.15, 0.2) is 0 Å². The molecule has 9 nitrogen and oxygen atoms in total. The number of benzene rings is 2. The number of rotatable bonds is 6. The Morgan fingerprint density at radius 1 is 0.893 bits per heavy atom. The van der Waals surface area contributed by atoms with Crippen molar-refractivity contribution < 1.29 is 9.85 Å². The molecule has 0 aromatic heterocycles. The average molecular weight is 383 g/mol. The fraction of sp³-hybridized carbons (Fsp3) is 0.316. The molecule has 0 radical (unpaired) electrons. The van der Waals surface area contributed by atoms with Crippen LogP contribution >= 0.6 is 0 Å². The van der Waals surface area contributed by atoms with Gasteiger partial charge in [-0.3, -0.25) is 25.7 Å². The lowest BCUT2D eigenvalue weighted by molar-refractivity contribution is -0.385. The lowest BCUT2D eigenvalue weighted by atomic mass is 10.1. The Hall–Kier alpha value is -3.49. The maximum absolute atomic E-state index is 11.2. The van der Waals surface area contributed by atoms with E-state index in [1.54, 1.807) is 24.4 Å². The summed E-state index contributed by atoms with van der Waals surface area (Å²) < 4.78 is 0. The number of nitrogens with zero attached hydrogens (tertiary/aromatic N) is 4. The Balaban J connectivity index is 1.81. The average Bonchev–Trinajstić information content (AvgIpc) is 2.97. The van der Waals surface area contributed by atoms with E-state index in [2.05, 4.69) is 15.4 Å². The van der Waals surface area contributed by atoms with E-state index in [0.29, 0.717) is 11.3 Å². The molecule has 146 valence electrons. The first-order valence-corrected chi connectivity index (χ1v) is 9.11. The predicted octanol–water partition coefficient (Wildman–Crippen LogP) is 4.33. The summed E-state index contributed by atoms with van der Waals surface area (Å²) >= 11 is 0. The van der Waals surface area contributed by atoms with E-state index in [0.717, 1.165) is 31.6 Å². The van der Waals surface area contributed by atoms with Crippen molar-refractivity contribution in [3.05, 3.63) is 68.3 Å². The molecule has 0 saturated carbocycles. The molecule has 1 heterocycles. The van der Waals surface area contributed by atoms with E-state index in [1.807, 2.05) is 0 Å². The highest BCUT2D eigenvalue weighted by Crippen LogP contribution is 2.27. The molecule has 1 aliphatic rings. The second-order valence-electron chi connectivity index (χ2n) is 6.58. The molecule has 2 aromatic carbocycles. The minimum Gasteiger partial charge on any atom is -0.371 e. The first-order chi connectivity index (χ1) is 13.5. The number of non-ortho nitro benzene ring substituents is 2. The van der Waals surface area contributed by atoms with Gasteiger partial charge in [-0.05, 0) is 31.0 Å². The van der Waals surface area contributed by atoms with Crippen molar-refractivity contribution in [3.63, 3.8) is 0 Å². The van der Waals surface area contributed by atoms with Gasteiger partial charge in [0.25, 0.3) is 11.4 Å². The molecule has 0 bridgehead atoms. The second-order valence-corrected chi connectivity index (χ2v) is 6.58. The minimum atomic E-state index is -0.469. The van der Waals surface area contributed by atoms with Crippen molar-refractivity contribution in [2.75, 3.05) is 23.4 Å². The molecular weight excluding hydrogens is 362 g/mol. The van der Waals surface area contributed by atoms with Gasteiger partial charge >= 0.3 is 0 Å². The number of nitro benzene ring substituents is 2. The maximum atomic E-state index is 11.2. The molecule has 0 atom stereocenters. The van der Waals surface area contributed by atoms with Crippen LogP contribution in [0.2, 0.25) is 0 Å². The van der Waals surface area contributed by atoms with Crippen LogP contribution in [0.15, 0.2) is 47.6 Å². The fourth-order valence-corrected chi connectivity index (χ4v) is 3.19. The van der Waals surface area contributed by atoms with Crippen LogP contribution in [0, 0.1) is 20.2 Å². The summed E-state index contributed by atoms with van der Waals surface area (Å²) in [5.41, 5.74) is 4.98. The SMILES string of the molecule is O=[N+]([O-])c1ccc(N/N=C/c2cc([N+](=O)[O-])ccc2N2CCCCCC2)cc1. The van der Waals surface area contributed by atoms with Crippen molar-refractivity contribution >= 4 is 29.0 Å². The molecule has 9 heteroatoms. The van der Waals surface area contributed by atoms with Gasteiger partial charge < -0.3 is 4.90 Å². The van der Waals surface area contributed by atoms with Gasteiger partial charge in [-0.2, -0.15) is 5.10 Å². The first kappa shape index (κ1) is 19.3. The lowest BCUT2D eigenvalue weighted by Gasteiger charge is -2.24. The molecule has 28 heavy (non-hydrogen) atoms. The van der Waals surface area contributed by atoms with Gasteiger partial charge in [0.2, 0.25) is 0 Å². The molecule has 1 saturated heterocycles. The zero-order chi connectivity index (χ0) is 19.9. The third kappa shape index (κ3) is 4.81. The molecule has 0 spiro atoms. The van der Waals surface area contributed by atoms with Gasteiger partial charge in [-0.1, -0.05) is 12.8 Å². The molecule has 1 aliphatic heterocycles. The van der Waals surface area contributed by atoms with E-state index in [4.69, 9.17) is 0 Å². The van der Waals surface area contributed by atoms with Crippen LogP contribution in [-0.2, 0) is 0 Å². The maximum Gasteiger partial charge on any atom is 0.270 e. The number of nitro groups is 2. The van der Waals surface area contributed by atoms with Crippen LogP contribution < -0.4 is 10.3 Å². The summed E-state index contributed by atoms with van der Waals surface area (Å²) in [4.78, 5) is 23.2. The number of anilines is 2. The van der Waals surface area contributed by atoms with Gasteiger partial charge in [0.1, 0.15) is 0 Å². The first-order valence-electron chi connectivity index (χ1n) is 9.11. The normalized spacial score (nSPS) is 14.6. The third-order valence-electron chi connectivity index (χ3n) is 4.64. The van der Waals surface area contributed by atoms with Crippen LogP contribution in [0.3, 0.4) is 0 Å². The second kappa shape index (κ2) is 8.94. The zero-order valence-electron chi connectivity index (χ0n) is 15.3. The lowest BCUT2D eigenvalue weighted by Crippen LogP contribution is -2.25. The Kier molecular flexibility index (Phi) is 6.15. The Bertz CT molecular complexity index is 874. The molecule has 0 aliphatic carbocycles. The topological polar surface area (TPSA) is 114 Å². The van der Waals surface area contributed by atoms with Gasteiger partial charge in [0.05, 0.1) is 21.7 Å². The zero-order valence-corrected chi connectivity index (χ0v) is 15.3. The highest BCUT2D eigenvalue weighted by molar-refractivity contribution is 5.89. The van der Waals surface area contributed by atoms with Gasteiger partial charge in [-0.15, -0.1) is 0 Å². The van der Waals surface area contributed by atoms with Gasteiger partial charge in [-0.25, -0.2) is 0 Å². The number of hydrazone groups is 1. The van der Waals surface area contributed by atoms with Crippen molar-refractivity contribution in [2.45, 2.75) is 25.7 Å². The number of hydrogen-bond donors (Lipinski definition) is 1. The van der Waals surface area contributed by atoms with Crippen molar-refractivity contribution in [1.29, 1.82) is 0 Å². The summed E-state index contributed by atoms with van der Waals surface area (Å²) in [6.07, 6.45) is 6.11. The molecule has 2 aromatic rings. The summed E-state index contributed by atoms with van der Waals surface area (Å²) in [6, 6.07) is 10.7. The highest BCUT2D eigenvalue weighted by atomic mass is 16.6. The summed E-state index contributed by atoms with van der Waals surface area (Å²) in [6.45, 7) is 1.82. The van der Waals surface area contributed by atoms with E-state index < -0.39 is 9.85 Å². The van der Waals surface area contributed by atoms with Crippen LogP contribution in [-0.4, -0.2) is 29.2 Å². The smallest absolute Gasteiger partial charge is 0.270 e. The van der Waals surface area contributed by atoms with E-state index in [9.17, 15) is 20.2 Å². The van der Waals surface area contributed by atoms with Gasteiger partial charge in [0, 0.05) is 48.6 Å². The van der Waals surface area contributed by atoms with Crippen LogP contribution in [0.4, 0.5) is 22.7 Å². The Morgan fingerprint density at radius 2 is 1.50 bits per heavy atom. The minimum absolute atomic E-state index is 0.00309. The molecule has 0 amide bonds. The van der Waals surface area contributed by atoms with Crippen LogP contribution in [0.5, 0.6) is 0 Å². The van der Waals surface area contributed by atoms with E-state index in [1.165, 1.54) is 37.1 Å². The Labute approximate surface area is 162 Å². The summed E-state index contributed by atoms with van der Waals surface area (Å²) in [5, 5.41) is 26.0. The summed E-state index contributed by atoms with van der Waals surface area (Å²) in [5.74, 6) is 0. The largest absolute Gasteiger partial charge is 0.371 e. The van der Waals surface area contributed by atoms with E-state index >= 15 is 0 Å². The standard InChI is InChI=1S/C19H21N5O4/c25-23(26)17-7-5-16(6-8-17)21-20-14-15-13-18(24(27)28)9-10-19(15)22-11-3-1-2-4-12-22/h5-10,13-14,21H,1-4,11-12H2/b20-14+. The fourth-order valence-electron chi connectivity index (χ4n) is 3.19. The Morgan fingerprint density at radius 3 is 2.11 bits per heavy atom. The molecule has 0 unspecified atom stereocenters. The molecule has 3 rings (SSSR count). The van der Waals surface area contributed by atoms with Crippen molar-refractivity contribution in [1.82, 2.24) is 0 Å². The molecule has 1 fully saturated rings. The quantitative estimate of drug-likeness (QED) is 0.451. The van der Waals surface area contributed by atoms with Crippen molar-refractivity contribution in [2.24, 2.45) is 5.10 Å². The highest BCUT2D eigenvalue weighted by Gasteiger charge is 2.16. The number of nitrogens with one attached hydrogen (secondary N) is 1.